The number of nitrogens with two attached hydrogens (primary N) is 1. The molecule has 3 nitrogen and oxygen atoms in total. The van der Waals surface area contributed by atoms with E-state index < -0.39 is 0 Å². The first-order valence-corrected chi connectivity index (χ1v) is 5.82. The van der Waals surface area contributed by atoms with Gasteiger partial charge in [-0.25, -0.2) is 0 Å². The Bertz CT molecular complexity index is 596. The Morgan fingerprint density at radius 3 is 2.61 bits per heavy atom. The molecule has 0 spiro atoms. The Morgan fingerprint density at radius 1 is 1.22 bits per heavy atom. The van der Waals surface area contributed by atoms with E-state index >= 15 is 0 Å². The quantitative estimate of drug-likeness (QED) is 0.653. The molecule has 0 atom stereocenters. The molecule has 2 aromatic carbocycles. The zero-order chi connectivity index (χ0) is 13.1. The van der Waals surface area contributed by atoms with Crippen LogP contribution >= 0.6 is 11.6 Å². The molecule has 0 radical (unpaired) electrons. The first-order valence-electron chi connectivity index (χ1n) is 5.45. The molecule has 0 heterocycles. The van der Waals surface area contributed by atoms with E-state index in [1.54, 1.807) is 18.2 Å². The molecule has 18 heavy (non-hydrogen) atoms. The Balaban J connectivity index is 2.27. The third kappa shape index (κ3) is 2.81. The molecule has 92 valence electrons. The van der Waals surface area contributed by atoms with Crippen LogP contribution in [0.25, 0.3) is 0 Å². The van der Waals surface area contributed by atoms with E-state index in [2.05, 4.69) is 0 Å². The normalized spacial score (nSPS) is 10.1. The zero-order valence-electron chi connectivity index (χ0n) is 9.91. The van der Waals surface area contributed by atoms with Gasteiger partial charge in [-0.2, -0.15) is 0 Å². The summed E-state index contributed by atoms with van der Waals surface area (Å²) in [6, 6.07) is 12.7. The smallest absolute Gasteiger partial charge is 0.146 e. The summed E-state index contributed by atoms with van der Waals surface area (Å²) < 4.78 is 5.68. The van der Waals surface area contributed by atoms with Crippen molar-refractivity contribution in [2.45, 2.75) is 6.92 Å². The molecule has 2 rings (SSSR count). The predicted molar refractivity (Wildman–Crippen MR) is 73.7 cm³/mol. The van der Waals surface area contributed by atoms with Crippen molar-refractivity contribution in [2.24, 2.45) is 5.73 Å². The number of halogens is 1. The minimum atomic E-state index is -0.0148. The monoisotopic (exact) mass is 260 g/mol. The van der Waals surface area contributed by atoms with E-state index in [9.17, 15) is 0 Å². The lowest BCUT2D eigenvalue weighted by Crippen LogP contribution is -2.10. The summed E-state index contributed by atoms with van der Waals surface area (Å²) >= 11 is 6.09. The Kier molecular flexibility index (Phi) is 3.53. The van der Waals surface area contributed by atoms with Gasteiger partial charge in [0.1, 0.15) is 17.3 Å². The predicted octanol–water partition coefficient (Wildman–Crippen LogP) is 3.72. The fraction of sp³-hybridized carbons (Fsp3) is 0.0714. The lowest BCUT2D eigenvalue weighted by Gasteiger charge is -2.09. The maximum Gasteiger partial charge on any atom is 0.146 e. The van der Waals surface area contributed by atoms with Crippen molar-refractivity contribution in [3.63, 3.8) is 0 Å². The summed E-state index contributed by atoms with van der Waals surface area (Å²) in [5.74, 6) is 1.26. The largest absolute Gasteiger partial charge is 0.456 e. The standard InChI is InChI=1S/C14H13ClN2O/c1-9-3-2-4-11(7-9)18-13-6-5-10(14(16)17)8-12(13)15/h2-8H,1H3,(H3,16,17). The summed E-state index contributed by atoms with van der Waals surface area (Å²) in [7, 11) is 0. The minimum absolute atomic E-state index is 0.0148. The van der Waals surface area contributed by atoms with Crippen LogP contribution in [0.2, 0.25) is 5.02 Å². The fourth-order valence-electron chi connectivity index (χ4n) is 1.56. The van der Waals surface area contributed by atoms with Crippen molar-refractivity contribution in [1.29, 1.82) is 5.41 Å². The zero-order valence-corrected chi connectivity index (χ0v) is 10.7. The number of hydrogen-bond donors (Lipinski definition) is 2. The highest BCUT2D eigenvalue weighted by atomic mass is 35.5. The van der Waals surface area contributed by atoms with Gasteiger partial charge >= 0.3 is 0 Å². The minimum Gasteiger partial charge on any atom is -0.456 e. The second kappa shape index (κ2) is 5.10. The van der Waals surface area contributed by atoms with Gasteiger partial charge in [-0.15, -0.1) is 0 Å². The van der Waals surface area contributed by atoms with Gasteiger partial charge in [0.05, 0.1) is 5.02 Å². The van der Waals surface area contributed by atoms with E-state index in [-0.39, 0.29) is 5.84 Å². The van der Waals surface area contributed by atoms with E-state index in [1.807, 2.05) is 31.2 Å². The van der Waals surface area contributed by atoms with Gasteiger partial charge in [0.15, 0.2) is 0 Å². The lowest BCUT2D eigenvalue weighted by molar-refractivity contribution is 0.482. The van der Waals surface area contributed by atoms with Crippen LogP contribution in [0.4, 0.5) is 0 Å². The third-order valence-electron chi connectivity index (χ3n) is 2.46. The number of nitrogens with one attached hydrogen (secondary N) is 1. The van der Waals surface area contributed by atoms with Crippen LogP contribution in [0.3, 0.4) is 0 Å². The molecule has 0 aliphatic carbocycles. The van der Waals surface area contributed by atoms with Crippen LogP contribution < -0.4 is 10.5 Å². The average Bonchev–Trinajstić information content (AvgIpc) is 2.31. The number of rotatable bonds is 3. The van der Waals surface area contributed by atoms with E-state index in [0.29, 0.717) is 16.3 Å². The number of amidine groups is 1. The second-order valence-corrected chi connectivity index (χ2v) is 4.38. The van der Waals surface area contributed by atoms with Crippen molar-refractivity contribution < 1.29 is 4.74 Å². The summed E-state index contributed by atoms with van der Waals surface area (Å²) in [5, 5.41) is 7.76. The molecule has 0 aromatic heterocycles. The van der Waals surface area contributed by atoms with Gasteiger partial charge in [0, 0.05) is 5.56 Å². The number of hydrogen-bond acceptors (Lipinski definition) is 2. The summed E-state index contributed by atoms with van der Waals surface area (Å²) in [4.78, 5) is 0. The Morgan fingerprint density at radius 2 is 2.00 bits per heavy atom. The van der Waals surface area contributed by atoms with Gasteiger partial charge in [0.2, 0.25) is 0 Å². The number of nitrogen functional groups attached to an aromatic ring is 1. The summed E-state index contributed by atoms with van der Waals surface area (Å²) in [5.41, 5.74) is 7.08. The number of ether oxygens (including phenoxy) is 1. The molecule has 0 fully saturated rings. The van der Waals surface area contributed by atoms with Crippen LogP contribution in [0, 0.1) is 12.3 Å². The molecule has 0 aliphatic rings. The van der Waals surface area contributed by atoms with Gasteiger partial charge < -0.3 is 10.5 Å². The van der Waals surface area contributed by atoms with Crippen LogP contribution in [0.5, 0.6) is 11.5 Å². The van der Waals surface area contributed by atoms with Gasteiger partial charge in [-0.05, 0) is 42.8 Å². The first-order chi connectivity index (χ1) is 8.56. The molecule has 0 unspecified atom stereocenters. The highest BCUT2D eigenvalue weighted by Crippen LogP contribution is 2.30. The highest BCUT2D eigenvalue weighted by molar-refractivity contribution is 6.32. The summed E-state index contributed by atoms with van der Waals surface area (Å²) in [6.07, 6.45) is 0. The molecule has 0 saturated carbocycles. The van der Waals surface area contributed by atoms with Crippen LogP contribution in [0.1, 0.15) is 11.1 Å². The average molecular weight is 261 g/mol. The van der Waals surface area contributed by atoms with Crippen LogP contribution in [0.15, 0.2) is 42.5 Å². The molecule has 4 heteroatoms. The maximum absolute atomic E-state index is 7.33. The second-order valence-electron chi connectivity index (χ2n) is 3.98. The number of aryl methyl sites for hydroxylation is 1. The topological polar surface area (TPSA) is 59.1 Å². The first kappa shape index (κ1) is 12.5. The maximum atomic E-state index is 7.33. The van der Waals surface area contributed by atoms with Crippen molar-refractivity contribution >= 4 is 17.4 Å². The molecule has 3 N–H and O–H groups in total. The van der Waals surface area contributed by atoms with E-state index in [4.69, 9.17) is 27.5 Å². The van der Waals surface area contributed by atoms with E-state index in [1.165, 1.54) is 0 Å². The molecule has 0 amide bonds. The molecular weight excluding hydrogens is 248 g/mol. The van der Waals surface area contributed by atoms with Crippen molar-refractivity contribution in [1.82, 2.24) is 0 Å². The molecule has 0 bridgehead atoms. The molecule has 0 saturated heterocycles. The third-order valence-corrected chi connectivity index (χ3v) is 2.76. The Labute approximate surface area is 111 Å². The number of benzene rings is 2. The SMILES string of the molecule is Cc1cccc(Oc2ccc(C(=N)N)cc2Cl)c1. The summed E-state index contributed by atoms with van der Waals surface area (Å²) in [6.45, 7) is 1.99. The van der Waals surface area contributed by atoms with Crippen LogP contribution in [-0.2, 0) is 0 Å². The van der Waals surface area contributed by atoms with Crippen molar-refractivity contribution in [3.8, 4) is 11.5 Å². The molecule has 0 aliphatic heterocycles. The fourth-order valence-corrected chi connectivity index (χ4v) is 1.78. The Hall–Kier alpha value is -2.00. The van der Waals surface area contributed by atoms with Gasteiger partial charge in [-0.1, -0.05) is 23.7 Å². The van der Waals surface area contributed by atoms with Crippen LogP contribution in [-0.4, -0.2) is 5.84 Å². The van der Waals surface area contributed by atoms with Gasteiger partial charge in [0.25, 0.3) is 0 Å². The van der Waals surface area contributed by atoms with Crippen molar-refractivity contribution in [3.05, 3.63) is 58.6 Å². The lowest BCUT2D eigenvalue weighted by atomic mass is 10.2. The molecule has 2 aromatic rings. The van der Waals surface area contributed by atoms with E-state index in [0.717, 1.165) is 11.3 Å². The van der Waals surface area contributed by atoms with Crippen molar-refractivity contribution in [2.75, 3.05) is 0 Å². The molecular formula is C14H13ClN2O. The van der Waals surface area contributed by atoms with Gasteiger partial charge in [-0.3, -0.25) is 5.41 Å². The highest BCUT2D eigenvalue weighted by Gasteiger charge is 2.06.